The average molecular weight is 509 g/mol. The van der Waals surface area contributed by atoms with E-state index in [2.05, 4.69) is 24.4 Å². The van der Waals surface area contributed by atoms with Gasteiger partial charge in [-0.05, 0) is 48.3 Å². The van der Waals surface area contributed by atoms with E-state index in [9.17, 15) is 9.50 Å². The van der Waals surface area contributed by atoms with Crippen molar-refractivity contribution in [1.29, 1.82) is 0 Å². The summed E-state index contributed by atoms with van der Waals surface area (Å²) >= 11 is 7.95. The maximum absolute atomic E-state index is 13.1. The minimum atomic E-state index is -0.382. The number of aliphatic hydroxyl groups excluding tert-OH is 1. The third-order valence-electron chi connectivity index (χ3n) is 5.64. The van der Waals surface area contributed by atoms with Crippen LogP contribution in [0.4, 0.5) is 4.39 Å². The minimum absolute atomic E-state index is 0. The number of hydrogen-bond acceptors (Lipinski definition) is 2. The van der Waals surface area contributed by atoms with Gasteiger partial charge in [-0.15, -0.1) is 4.88 Å². The van der Waals surface area contributed by atoms with Crippen LogP contribution in [0, 0.1) is 17.1 Å². The van der Waals surface area contributed by atoms with Crippen molar-refractivity contribution in [1.82, 2.24) is 0 Å². The summed E-state index contributed by atoms with van der Waals surface area (Å²) in [6, 6.07) is 9.90. The Balaban J connectivity index is 0.00000300. The molecule has 0 spiro atoms. The molecule has 155 valence electrons. The van der Waals surface area contributed by atoms with Gasteiger partial charge in [-0.1, -0.05) is 80.3 Å². The number of thiophene rings is 1. The zero-order valence-electron chi connectivity index (χ0n) is 17.1. The molecule has 29 heavy (non-hydrogen) atoms. The summed E-state index contributed by atoms with van der Waals surface area (Å²) < 4.78 is 13.1. The van der Waals surface area contributed by atoms with Crippen molar-refractivity contribution in [3.63, 3.8) is 0 Å². The zero-order valence-corrected chi connectivity index (χ0v) is 21.5. The van der Waals surface area contributed by atoms with Crippen molar-refractivity contribution < 1.29 is 42.2 Å². The fourth-order valence-corrected chi connectivity index (χ4v) is 5.15. The molecule has 0 saturated carbocycles. The molecule has 1 aliphatic carbocycles. The number of aryl methyl sites for hydroxylation is 1. The van der Waals surface area contributed by atoms with Gasteiger partial charge in [0.1, 0.15) is 0 Å². The molecule has 3 rings (SSSR count). The standard InChI is InChI=1S/C24H29ClFOS.Y/c1-2-3-4-8-23(27)17-9-11-19(12-10-17)24-18(13-14-22(24)25)6-5-7-21-15-20(26)16-28-21;/h9-12,15,18,23,27H,2-8,13-14H2,1H3;/q-1;/t18-,23?;/m0./s1. The van der Waals surface area contributed by atoms with Gasteiger partial charge >= 0.3 is 0 Å². The van der Waals surface area contributed by atoms with E-state index in [-0.39, 0.29) is 44.6 Å². The second-order valence-electron chi connectivity index (χ2n) is 7.74. The maximum atomic E-state index is 13.1. The van der Waals surface area contributed by atoms with Crippen LogP contribution in [-0.4, -0.2) is 5.11 Å². The fourth-order valence-electron chi connectivity index (χ4n) is 4.08. The SMILES string of the molecule is CCCCCC(O)c1ccc(C2=C(Cl)CC[C@@H]2CCCc2cc(F)[c-]s2)cc1.[Y]. The van der Waals surface area contributed by atoms with Crippen LogP contribution in [0.2, 0.25) is 0 Å². The topological polar surface area (TPSA) is 20.2 Å². The van der Waals surface area contributed by atoms with Crippen LogP contribution in [0.25, 0.3) is 5.57 Å². The third-order valence-corrected chi connectivity index (χ3v) is 6.92. The van der Waals surface area contributed by atoms with E-state index in [1.807, 2.05) is 12.1 Å². The summed E-state index contributed by atoms with van der Waals surface area (Å²) in [5.41, 5.74) is 3.42. The minimum Gasteiger partial charge on any atom is -0.388 e. The van der Waals surface area contributed by atoms with Crippen molar-refractivity contribution >= 4 is 28.5 Å². The van der Waals surface area contributed by atoms with Crippen LogP contribution in [0.3, 0.4) is 0 Å². The number of halogens is 2. The summed E-state index contributed by atoms with van der Waals surface area (Å²) in [7, 11) is 0. The monoisotopic (exact) mass is 508 g/mol. The van der Waals surface area contributed by atoms with Gasteiger partial charge in [0.05, 0.1) is 6.10 Å². The van der Waals surface area contributed by atoms with Crippen molar-refractivity contribution in [3.8, 4) is 0 Å². The van der Waals surface area contributed by atoms with Gasteiger partial charge in [-0.25, -0.2) is 4.39 Å². The molecule has 1 aliphatic rings. The molecule has 5 heteroatoms. The maximum Gasteiger partial charge on any atom is 0.0790 e. The van der Waals surface area contributed by atoms with Gasteiger partial charge < -0.3 is 5.11 Å². The van der Waals surface area contributed by atoms with Crippen LogP contribution < -0.4 is 0 Å². The predicted molar refractivity (Wildman–Crippen MR) is 117 cm³/mol. The first-order valence-corrected chi connectivity index (χ1v) is 11.6. The molecule has 1 nitrogen and oxygen atoms in total. The molecule has 1 unspecified atom stereocenters. The molecule has 0 saturated heterocycles. The molecule has 1 radical (unpaired) electrons. The summed E-state index contributed by atoms with van der Waals surface area (Å²) in [6.07, 6.45) is 8.83. The predicted octanol–water partition coefficient (Wildman–Crippen LogP) is 7.68. The molecule has 2 atom stereocenters. The molecule has 1 aromatic carbocycles. The number of unbranched alkanes of at least 4 members (excludes halogenated alkanes) is 2. The Bertz CT molecular complexity index is 786. The summed E-state index contributed by atoms with van der Waals surface area (Å²) in [5.74, 6) is 0.211. The van der Waals surface area contributed by atoms with Crippen LogP contribution in [-0.2, 0) is 39.1 Å². The van der Waals surface area contributed by atoms with Gasteiger partial charge in [0.25, 0.3) is 0 Å². The number of allylic oxidation sites excluding steroid dienone is 2. The summed E-state index contributed by atoms with van der Waals surface area (Å²) in [4.78, 5) is 1.06. The molecular formula is C24H29ClFOSY-. The molecule has 0 bridgehead atoms. The molecule has 2 aromatic rings. The largest absolute Gasteiger partial charge is 0.388 e. The van der Waals surface area contributed by atoms with E-state index < -0.39 is 0 Å². The third kappa shape index (κ3) is 7.25. The fraction of sp³-hybridized carbons (Fsp3) is 0.500. The summed E-state index contributed by atoms with van der Waals surface area (Å²) in [5, 5.41) is 14.0. The molecule has 0 amide bonds. The van der Waals surface area contributed by atoms with E-state index in [0.717, 1.165) is 66.8 Å². The van der Waals surface area contributed by atoms with Crippen LogP contribution in [0.15, 0.2) is 35.4 Å². The van der Waals surface area contributed by atoms with Gasteiger partial charge in [0.2, 0.25) is 0 Å². The van der Waals surface area contributed by atoms with Crippen molar-refractivity contribution in [3.05, 3.63) is 62.6 Å². The molecular weight excluding hydrogens is 480 g/mol. The van der Waals surface area contributed by atoms with Crippen LogP contribution >= 0.6 is 22.9 Å². The first-order valence-electron chi connectivity index (χ1n) is 10.4. The molecule has 1 N–H and O–H groups in total. The van der Waals surface area contributed by atoms with E-state index in [1.165, 1.54) is 28.9 Å². The van der Waals surface area contributed by atoms with E-state index in [4.69, 9.17) is 11.6 Å². The molecule has 1 aromatic heterocycles. The molecule has 0 fully saturated rings. The van der Waals surface area contributed by atoms with Crippen LogP contribution in [0.1, 0.15) is 80.4 Å². The number of aliphatic hydroxyl groups is 1. The first kappa shape index (κ1) is 25.2. The Morgan fingerprint density at radius 3 is 2.66 bits per heavy atom. The number of hydrogen-bond donors (Lipinski definition) is 1. The van der Waals surface area contributed by atoms with E-state index in [1.54, 1.807) is 6.07 Å². The van der Waals surface area contributed by atoms with Gasteiger partial charge in [0, 0.05) is 43.6 Å². The number of rotatable bonds is 10. The molecule has 1 heterocycles. The quantitative estimate of drug-likeness (QED) is 0.258. The Kier molecular flexibility index (Phi) is 11.1. The second-order valence-corrected chi connectivity index (χ2v) is 9.13. The van der Waals surface area contributed by atoms with Crippen molar-refractivity contribution in [2.45, 2.75) is 70.8 Å². The Morgan fingerprint density at radius 2 is 2.00 bits per heavy atom. The first-order chi connectivity index (χ1) is 13.6. The van der Waals surface area contributed by atoms with Gasteiger partial charge in [0.15, 0.2) is 0 Å². The van der Waals surface area contributed by atoms with Crippen molar-refractivity contribution in [2.75, 3.05) is 0 Å². The zero-order chi connectivity index (χ0) is 19.9. The Hall–Kier alpha value is -0.0561. The average Bonchev–Trinajstić information content (AvgIpc) is 3.27. The van der Waals surface area contributed by atoms with Gasteiger partial charge in [-0.2, -0.15) is 6.07 Å². The van der Waals surface area contributed by atoms with Crippen LogP contribution in [0.5, 0.6) is 0 Å². The van der Waals surface area contributed by atoms with Crippen molar-refractivity contribution in [2.24, 2.45) is 5.92 Å². The van der Waals surface area contributed by atoms with E-state index in [0.29, 0.717) is 5.92 Å². The van der Waals surface area contributed by atoms with Gasteiger partial charge in [-0.3, -0.25) is 11.3 Å². The second kappa shape index (κ2) is 12.7. The summed E-state index contributed by atoms with van der Waals surface area (Å²) in [6.45, 7) is 2.17. The Morgan fingerprint density at radius 1 is 1.24 bits per heavy atom. The smallest absolute Gasteiger partial charge is 0.0790 e. The Labute approximate surface area is 208 Å². The van der Waals surface area contributed by atoms with E-state index >= 15 is 0 Å². The molecule has 0 aliphatic heterocycles. The normalized spacial score (nSPS) is 17.4. The number of benzene rings is 1.